The van der Waals surface area contributed by atoms with Crippen LogP contribution < -0.4 is 5.32 Å². The molecule has 1 aromatic heterocycles. The maximum absolute atomic E-state index is 13.0. The van der Waals surface area contributed by atoms with Gasteiger partial charge in [0.15, 0.2) is 0 Å². The Morgan fingerprint density at radius 1 is 1.56 bits per heavy atom. The van der Waals surface area contributed by atoms with Gasteiger partial charge in [-0.2, -0.15) is 5.10 Å². The van der Waals surface area contributed by atoms with Crippen LogP contribution in [0, 0.1) is 5.92 Å². The summed E-state index contributed by atoms with van der Waals surface area (Å²) in [5.74, 6) is -2.32. The van der Waals surface area contributed by atoms with Crippen LogP contribution in [0.1, 0.15) is 37.4 Å². The van der Waals surface area contributed by atoms with E-state index in [4.69, 9.17) is 0 Å². The van der Waals surface area contributed by atoms with Crippen LogP contribution in [0.5, 0.6) is 0 Å². The van der Waals surface area contributed by atoms with Gasteiger partial charge in [-0.1, -0.05) is 6.92 Å². The molecule has 0 aliphatic heterocycles. The Morgan fingerprint density at radius 2 is 2.33 bits per heavy atom. The van der Waals surface area contributed by atoms with Gasteiger partial charge in [-0.05, 0) is 25.3 Å². The van der Waals surface area contributed by atoms with E-state index in [-0.39, 0.29) is 18.8 Å². The third kappa shape index (κ3) is 3.28. The molecule has 1 heterocycles. The third-order valence-corrected chi connectivity index (χ3v) is 3.58. The number of aromatic nitrogens is 2. The van der Waals surface area contributed by atoms with E-state index < -0.39 is 5.92 Å². The molecule has 2 rings (SSSR count). The molecule has 1 atom stereocenters. The maximum atomic E-state index is 13.0. The van der Waals surface area contributed by atoms with Crippen LogP contribution >= 0.6 is 0 Å². The third-order valence-electron chi connectivity index (χ3n) is 3.58. The van der Waals surface area contributed by atoms with E-state index in [1.54, 1.807) is 4.68 Å². The van der Waals surface area contributed by atoms with E-state index in [2.05, 4.69) is 17.3 Å². The minimum atomic E-state index is -2.44. The SMILES string of the molecule is CCc1nn(C)cc1CNCC1CCC(F)(F)C1. The molecule has 1 aliphatic rings. The molecule has 1 unspecified atom stereocenters. The molecule has 1 aliphatic carbocycles. The van der Waals surface area contributed by atoms with Gasteiger partial charge in [0.1, 0.15) is 0 Å². The highest BCUT2D eigenvalue weighted by Gasteiger charge is 2.38. The number of halogens is 2. The number of hydrogen-bond donors (Lipinski definition) is 1. The molecular weight excluding hydrogens is 236 g/mol. The molecule has 0 bridgehead atoms. The second-order valence-electron chi connectivity index (χ2n) is 5.22. The molecule has 0 radical (unpaired) electrons. The molecule has 0 saturated heterocycles. The second-order valence-corrected chi connectivity index (χ2v) is 5.22. The molecule has 0 aromatic carbocycles. The summed E-state index contributed by atoms with van der Waals surface area (Å²) in [6.45, 7) is 3.47. The largest absolute Gasteiger partial charge is 0.312 e. The lowest BCUT2D eigenvalue weighted by Gasteiger charge is -2.11. The van der Waals surface area contributed by atoms with Gasteiger partial charge in [0, 0.05) is 38.2 Å². The van der Waals surface area contributed by atoms with Crippen molar-refractivity contribution in [3.63, 3.8) is 0 Å². The number of hydrogen-bond acceptors (Lipinski definition) is 2. The van der Waals surface area contributed by atoms with Crippen molar-refractivity contribution in [1.82, 2.24) is 15.1 Å². The summed E-state index contributed by atoms with van der Waals surface area (Å²) in [6.07, 6.45) is 3.61. The molecule has 3 nitrogen and oxygen atoms in total. The summed E-state index contributed by atoms with van der Waals surface area (Å²) < 4.78 is 27.9. The Labute approximate surface area is 107 Å². The summed E-state index contributed by atoms with van der Waals surface area (Å²) in [4.78, 5) is 0. The number of alkyl halides is 2. The highest BCUT2D eigenvalue weighted by molar-refractivity contribution is 5.16. The zero-order valence-electron chi connectivity index (χ0n) is 11.0. The first-order chi connectivity index (χ1) is 8.50. The normalized spacial score (nSPS) is 22.6. The van der Waals surface area contributed by atoms with Crippen LogP contribution in [0.25, 0.3) is 0 Å². The molecule has 5 heteroatoms. The molecule has 0 spiro atoms. The molecule has 1 N–H and O–H groups in total. The standard InChI is InChI=1S/C13H21F2N3/c1-3-12-11(9-18(2)17-12)8-16-7-10-4-5-13(14,15)6-10/h9-10,16H,3-8H2,1-2H3. The Hall–Kier alpha value is -0.970. The predicted molar refractivity (Wildman–Crippen MR) is 66.6 cm³/mol. The highest BCUT2D eigenvalue weighted by atomic mass is 19.3. The minimum Gasteiger partial charge on any atom is -0.312 e. The second kappa shape index (κ2) is 5.34. The zero-order valence-corrected chi connectivity index (χ0v) is 11.0. The lowest BCUT2D eigenvalue weighted by molar-refractivity contribution is 0.00508. The van der Waals surface area contributed by atoms with Crippen LogP contribution in [0.3, 0.4) is 0 Å². The Morgan fingerprint density at radius 3 is 2.94 bits per heavy atom. The predicted octanol–water partition coefficient (Wildman–Crippen LogP) is 2.51. The lowest BCUT2D eigenvalue weighted by atomic mass is 10.1. The lowest BCUT2D eigenvalue weighted by Crippen LogP contribution is -2.22. The van der Waals surface area contributed by atoms with Crippen LogP contribution in [0.2, 0.25) is 0 Å². The summed E-state index contributed by atoms with van der Waals surface area (Å²) in [5.41, 5.74) is 2.26. The molecule has 18 heavy (non-hydrogen) atoms. The van der Waals surface area contributed by atoms with Crippen molar-refractivity contribution in [3.8, 4) is 0 Å². The van der Waals surface area contributed by atoms with Gasteiger partial charge >= 0.3 is 0 Å². The first-order valence-corrected chi connectivity index (χ1v) is 6.60. The average molecular weight is 257 g/mol. The van der Waals surface area contributed by atoms with E-state index in [1.807, 2.05) is 13.2 Å². The van der Waals surface area contributed by atoms with Crippen LogP contribution in [-0.4, -0.2) is 22.2 Å². The molecular formula is C13H21F2N3. The molecule has 0 amide bonds. The van der Waals surface area contributed by atoms with Gasteiger partial charge in [-0.15, -0.1) is 0 Å². The van der Waals surface area contributed by atoms with Crippen molar-refractivity contribution < 1.29 is 8.78 Å². The number of nitrogens with zero attached hydrogens (tertiary/aromatic N) is 2. The minimum absolute atomic E-state index is 0.0354. The van der Waals surface area contributed by atoms with E-state index in [1.165, 1.54) is 5.56 Å². The average Bonchev–Trinajstić information content (AvgIpc) is 2.82. The first kappa shape index (κ1) is 13.5. The maximum Gasteiger partial charge on any atom is 0.248 e. The summed E-state index contributed by atoms with van der Waals surface area (Å²) in [6, 6.07) is 0. The van der Waals surface area contributed by atoms with Gasteiger partial charge in [0.2, 0.25) is 5.92 Å². The monoisotopic (exact) mass is 257 g/mol. The van der Waals surface area contributed by atoms with E-state index in [0.717, 1.165) is 18.7 Å². The quantitative estimate of drug-likeness (QED) is 0.878. The topological polar surface area (TPSA) is 29.9 Å². The van der Waals surface area contributed by atoms with Crippen LogP contribution in [0.15, 0.2) is 6.20 Å². The van der Waals surface area contributed by atoms with Crippen LogP contribution in [-0.2, 0) is 20.0 Å². The van der Waals surface area contributed by atoms with Crippen molar-refractivity contribution in [2.45, 2.75) is 45.1 Å². The fourth-order valence-corrected chi connectivity index (χ4v) is 2.66. The van der Waals surface area contributed by atoms with Gasteiger partial charge in [-0.3, -0.25) is 4.68 Å². The Kier molecular flexibility index (Phi) is 4.00. The summed E-state index contributed by atoms with van der Waals surface area (Å²) in [5, 5.41) is 7.64. The van der Waals surface area contributed by atoms with E-state index in [9.17, 15) is 8.78 Å². The highest BCUT2D eigenvalue weighted by Crippen LogP contribution is 2.38. The van der Waals surface area contributed by atoms with Crippen molar-refractivity contribution in [3.05, 3.63) is 17.5 Å². The summed E-state index contributed by atoms with van der Waals surface area (Å²) in [7, 11) is 1.90. The molecule has 1 aromatic rings. The number of nitrogens with one attached hydrogen (secondary N) is 1. The van der Waals surface area contributed by atoms with Gasteiger partial charge in [0.25, 0.3) is 0 Å². The fourth-order valence-electron chi connectivity index (χ4n) is 2.66. The molecule has 1 fully saturated rings. The smallest absolute Gasteiger partial charge is 0.248 e. The van der Waals surface area contributed by atoms with Gasteiger partial charge in [-0.25, -0.2) is 8.78 Å². The van der Waals surface area contributed by atoms with Crippen LogP contribution in [0.4, 0.5) is 8.78 Å². The summed E-state index contributed by atoms with van der Waals surface area (Å²) >= 11 is 0. The first-order valence-electron chi connectivity index (χ1n) is 6.60. The fraction of sp³-hybridized carbons (Fsp3) is 0.769. The van der Waals surface area contributed by atoms with Crippen molar-refractivity contribution in [2.75, 3.05) is 6.54 Å². The molecule has 102 valence electrons. The number of rotatable bonds is 5. The van der Waals surface area contributed by atoms with Gasteiger partial charge in [0.05, 0.1) is 5.69 Å². The van der Waals surface area contributed by atoms with E-state index >= 15 is 0 Å². The van der Waals surface area contributed by atoms with Crippen molar-refractivity contribution in [2.24, 2.45) is 13.0 Å². The zero-order chi connectivity index (χ0) is 13.2. The van der Waals surface area contributed by atoms with Crippen molar-refractivity contribution in [1.29, 1.82) is 0 Å². The Bertz CT molecular complexity index is 401. The van der Waals surface area contributed by atoms with Gasteiger partial charge < -0.3 is 5.32 Å². The van der Waals surface area contributed by atoms with Crippen molar-refractivity contribution >= 4 is 0 Å². The van der Waals surface area contributed by atoms with E-state index in [0.29, 0.717) is 13.0 Å². The Balaban J connectivity index is 1.78. The molecule has 1 saturated carbocycles. The number of aryl methyl sites for hydroxylation is 2.